The largest absolute Gasteiger partial charge is 0.338 e. The maximum absolute atomic E-state index is 13.1. The van der Waals surface area contributed by atoms with E-state index in [1.54, 1.807) is 30.0 Å². The summed E-state index contributed by atoms with van der Waals surface area (Å²) in [5.41, 5.74) is 1.52. The minimum atomic E-state index is -0.0397. The summed E-state index contributed by atoms with van der Waals surface area (Å²) in [5.74, 6) is 0.981. The lowest BCUT2D eigenvalue weighted by atomic mass is 9.96. The number of carbonyl (C=O) groups is 1. The molecule has 1 saturated heterocycles. The number of para-hydroxylation sites is 1. The van der Waals surface area contributed by atoms with Crippen LogP contribution < -0.4 is 5.32 Å². The number of rotatable bonds is 7. The van der Waals surface area contributed by atoms with E-state index in [0.29, 0.717) is 33.9 Å². The van der Waals surface area contributed by atoms with Crippen LogP contribution in [0.5, 0.6) is 0 Å². The number of halogens is 2. The van der Waals surface area contributed by atoms with E-state index < -0.39 is 0 Å². The number of likely N-dealkylation sites (tertiary alicyclic amines) is 1. The Labute approximate surface area is 224 Å². The zero-order chi connectivity index (χ0) is 24.9. The number of aromatic nitrogens is 2. The van der Waals surface area contributed by atoms with Crippen molar-refractivity contribution in [3.8, 4) is 11.4 Å². The van der Waals surface area contributed by atoms with E-state index in [4.69, 9.17) is 27.7 Å². The molecule has 36 heavy (non-hydrogen) atoms. The molecule has 9 heteroatoms. The van der Waals surface area contributed by atoms with E-state index in [1.807, 2.05) is 42.5 Å². The number of anilines is 1. The number of benzene rings is 3. The Morgan fingerprint density at radius 1 is 1.03 bits per heavy atom. The van der Waals surface area contributed by atoms with E-state index in [9.17, 15) is 4.79 Å². The van der Waals surface area contributed by atoms with E-state index in [0.717, 1.165) is 41.4 Å². The van der Waals surface area contributed by atoms with Crippen LogP contribution in [0.4, 0.5) is 5.69 Å². The van der Waals surface area contributed by atoms with Crippen molar-refractivity contribution in [1.29, 1.82) is 0 Å². The van der Waals surface area contributed by atoms with Gasteiger partial charge < -0.3 is 9.84 Å². The van der Waals surface area contributed by atoms with Crippen molar-refractivity contribution < 1.29 is 9.32 Å². The van der Waals surface area contributed by atoms with Crippen molar-refractivity contribution in [2.75, 3.05) is 18.4 Å². The topological polar surface area (TPSA) is 71.3 Å². The van der Waals surface area contributed by atoms with Gasteiger partial charge in [-0.2, -0.15) is 4.98 Å². The Kier molecular flexibility index (Phi) is 7.92. The first-order chi connectivity index (χ1) is 17.5. The first-order valence-corrected chi connectivity index (χ1v) is 13.3. The van der Waals surface area contributed by atoms with Crippen LogP contribution in [0.25, 0.3) is 11.4 Å². The second kappa shape index (κ2) is 11.5. The molecule has 0 unspecified atom stereocenters. The molecule has 3 aromatic carbocycles. The summed E-state index contributed by atoms with van der Waals surface area (Å²) in [4.78, 5) is 21.9. The second-order valence-corrected chi connectivity index (χ2v) is 10.5. The van der Waals surface area contributed by atoms with Crippen molar-refractivity contribution in [3.05, 3.63) is 88.7 Å². The summed E-state index contributed by atoms with van der Waals surface area (Å²) in [6.07, 6.45) is 1.54. The zero-order valence-electron chi connectivity index (χ0n) is 19.4. The summed E-state index contributed by atoms with van der Waals surface area (Å²) in [5, 5.41) is 8.25. The zero-order valence-corrected chi connectivity index (χ0v) is 21.7. The van der Waals surface area contributed by atoms with E-state index in [1.165, 1.54) is 0 Å². The third kappa shape index (κ3) is 6.10. The van der Waals surface area contributed by atoms with Gasteiger partial charge >= 0.3 is 0 Å². The number of carbonyl (C=O) groups excluding carboxylic acids is 1. The Morgan fingerprint density at radius 2 is 1.78 bits per heavy atom. The average molecular weight is 539 g/mol. The first kappa shape index (κ1) is 24.8. The number of nitrogens with zero attached hydrogens (tertiary/aromatic N) is 3. The molecule has 1 fully saturated rings. The predicted octanol–water partition coefficient (Wildman–Crippen LogP) is 7.05. The fourth-order valence-corrected chi connectivity index (χ4v) is 5.57. The molecule has 1 aliphatic rings. The Morgan fingerprint density at radius 3 is 2.56 bits per heavy atom. The molecule has 6 nitrogen and oxygen atoms in total. The molecule has 0 bridgehead atoms. The molecule has 5 rings (SSSR count). The fraction of sp³-hybridized carbons (Fsp3) is 0.222. The van der Waals surface area contributed by atoms with Crippen molar-refractivity contribution in [2.45, 2.75) is 29.2 Å². The molecule has 1 amide bonds. The summed E-state index contributed by atoms with van der Waals surface area (Å²) in [7, 11) is 0. The highest BCUT2D eigenvalue weighted by Gasteiger charge is 2.26. The van der Waals surface area contributed by atoms with E-state index in [-0.39, 0.29) is 11.8 Å². The molecule has 1 N–H and O–H groups in total. The molecule has 0 spiro atoms. The fourth-order valence-electron chi connectivity index (χ4n) is 4.15. The molecule has 184 valence electrons. The summed E-state index contributed by atoms with van der Waals surface area (Å²) in [6.45, 7) is 2.08. The molecule has 0 radical (unpaired) electrons. The van der Waals surface area contributed by atoms with Crippen molar-refractivity contribution in [3.63, 3.8) is 0 Å². The molecule has 1 aliphatic heterocycles. The van der Waals surface area contributed by atoms with E-state index in [2.05, 4.69) is 32.5 Å². The lowest BCUT2D eigenvalue weighted by molar-refractivity contribution is -0.121. The summed E-state index contributed by atoms with van der Waals surface area (Å²) >= 11 is 13.9. The van der Waals surface area contributed by atoms with Crippen LogP contribution in [-0.4, -0.2) is 34.0 Å². The smallest absolute Gasteiger partial charge is 0.241 e. The van der Waals surface area contributed by atoms with Gasteiger partial charge in [0.15, 0.2) is 0 Å². The molecule has 1 aromatic heterocycles. The third-order valence-electron chi connectivity index (χ3n) is 6.07. The maximum atomic E-state index is 13.1. The molecule has 0 aliphatic carbocycles. The van der Waals surface area contributed by atoms with E-state index >= 15 is 0 Å². The number of hydrogen-bond donors (Lipinski definition) is 1. The quantitative estimate of drug-likeness (QED) is 0.272. The van der Waals surface area contributed by atoms with Crippen LogP contribution in [0.2, 0.25) is 10.0 Å². The Hall–Kier alpha value is -2.84. The lowest BCUT2D eigenvalue weighted by Gasteiger charge is -2.30. The summed E-state index contributed by atoms with van der Waals surface area (Å²) in [6, 6.07) is 23.3. The molecule has 0 atom stereocenters. The number of amides is 1. The SMILES string of the molecule is O=C(Nc1ccccc1Sc1ccccc1)C1CCN(Cc2nc(-c3ccc(Cl)cc3Cl)no2)CC1. The molecule has 2 heterocycles. The first-order valence-electron chi connectivity index (χ1n) is 11.7. The van der Waals surface area contributed by atoms with Gasteiger partial charge in [-0.15, -0.1) is 0 Å². The third-order valence-corrected chi connectivity index (χ3v) is 7.70. The van der Waals surface area contributed by atoms with Crippen LogP contribution in [0.1, 0.15) is 18.7 Å². The van der Waals surface area contributed by atoms with Gasteiger partial charge in [-0.05, 0) is 68.4 Å². The minimum absolute atomic E-state index is 0.0397. The monoisotopic (exact) mass is 538 g/mol. The van der Waals surface area contributed by atoms with Crippen LogP contribution in [0.3, 0.4) is 0 Å². The minimum Gasteiger partial charge on any atom is -0.338 e. The molecule has 4 aromatic rings. The van der Waals surface area contributed by atoms with Crippen LogP contribution in [-0.2, 0) is 11.3 Å². The Bertz CT molecular complexity index is 1340. The van der Waals surface area contributed by atoms with Gasteiger partial charge in [-0.1, -0.05) is 70.5 Å². The second-order valence-electron chi connectivity index (χ2n) is 8.59. The lowest BCUT2D eigenvalue weighted by Crippen LogP contribution is -2.37. The molecule has 0 saturated carbocycles. The van der Waals surface area contributed by atoms with Crippen molar-refractivity contribution >= 4 is 46.6 Å². The van der Waals surface area contributed by atoms with Gasteiger partial charge in [0, 0.05) is 26.3 Å². The maximum Gasteiger partial charge on any atom is 0.241 e. The number of hydrogen-bond acceptors (Lipinski definition) is 6. The highest BCUT2D eigenvalue weighted by molar-refractivity contribution is 7.99. The summed E-state index contributed by atoms with van der Waals surface area (Å²) < 4.78 is 5.45. The van der Waals surface area contributed by atoms with Gasteiger partial charge in [0.2, 0.25) is 17.6 Å². The van der Waals surface area contributed by atoms with Gasteiger partial charge in [-0.3, -0.25) is 9.69 Å². The Balaban J connectivity index is 1.15. The van der Waals surface area contributed by atoms with Crippen LogP contribution in [0.15, 0.2) is 87.1 Å². The van der Waals surface area contributed by atoms with Crippen molar-refractivity contribution in [1.82, 2.24) is 15.0 Å². The highest BCUT2D eigenvalue weighted by Crippen LogP contribution is 2.34. The number of piperidine rings is 1. The van der Waals surface area contributed by atoms with Gasteiger partial charge in [-0.25, -0.2) is 0 Å². The van der Waals surface area contributed by atoms with Gasteiger partial charge in [0.25, 0.3) is 0 Å². The van der Waals surface area contributed by atoms with Gasteiger partial charge in [0.1, 0.15) is 0 Å². The predicted molar refractivity (Wildman–Crippen MR) is 143 cm³/mol. The average Bonchev–Trinajstić information content (AvgIpc) is 3.34. The van der Waals surface area contributed by atoms with Crippen molar-refractivity contribution in [2.24, 2.45) is 5.92 Å². The van der Waals surface area contributed by atoms with Crippen LogP contribution in [0, 0.1) is 5.92 Å². The normalized spacial score (nSPS) is 14.6. The number of nitrogens with one attached hydrogen (secondary N) is 1. The standard InChI is InChI=1S/C27H24Cl2N4O2S/c28-19-10-11-21(22(29)16-19)26-31-25(35-32-26)17-33-14-12-18(13-15-33)27(34)30-23-8-4-5-9-24(23)36-20-6-2-1-3-7-20/h1-11,16,18H,12-15,17H2,(H,30,34). The van der Waals surface area contributed by atoms with Crippen LogP contribution >= 0.6 is 35.0 Å². The highest BCUT2D eigenvalue weighted by atomic mass is 35.5. The molecular formula is C27H24Cl2N4O2S. The molecular weight excluding hydrogens is 515 g/mol. The van der Waals surface area contributed by atoms with Gasteiger partial charge in [0.05, 0.1) is 17.3 Å².